The van der Waals surface area contributed by atoms with Gasteiger partial charge in [-0.05, 0) is 51.3 Å². The molecule has 4 rings (SSSR count). The Morgan fingerprint density at radius 2 is 2.03 bits per heavy atom. The third-order valence-corrected chi connectivity index (χ3v) is 6.23. The molecule has 37 heavy (non-hydrogen) atoms. The van der Waals surface area contributed by atoms with E-state index in [1.54, 1.807) is 52.1 Å². The molecule has 0 bridgehead atoms. The van der Waals surface area contributed by atoms with Crippen LogP contribution in [0.15, 0.2) is 35.1 Å². The maximum atomic E-state index is 13.3. The van der Waals surface area contributed by atoms with Crippen LogP contribution in [0, 0.1) is 11.3 Å². The molecule has 194 valence electrons. The Balaban J connectivity index is 1.79. The first kappa shape index (κ1) is 25.8. The number of amides is 1. The van der Waals surface area contributed by atoms with Crippen LogP contribution in [0.1, 0.15) is 55.2 Å². The number of piperidine rings is 1. The molecule has 1 fully saturated rings. The van der Waals surface area contributed by atoms with Crippen LogP contribution in [0.25, 0.3) is 11.2 Å². The van der Waals surface area contributed by atoms with Crippen molar-refractivity contribution in [1.82, 2.24) is 19.4 Å². The maximum Gasteiger partial charge on any atom is 0.407 e. The summed E-state index contributed by atoms with van der Waals surface area (Å²) in [6, 6.07) is 10.4. The topological polar surface area (TPSA) is 142 Å². The van der Waals surface area contributed by atoms with Gasteiger partial charge < -0.3 is 20.1 Å². The zero-order valence-corrected chi connectivity index (χ0v) is 21.3. The van der Waals surface area contributed by atoms with Crippen LogP contribution in [0.5, 0.6) is 0 Å². The van der Waals surface area contributed by atoms with Crippen LogP contribution in [0.3, 0.4) is 0 Å². The van der Waals surface area contributed by atoms with E-state index in [4.69, 9.17) is 4.74 Å². The molecule has 1 aromatic carbocycles. The molecule has 2 N–H and O–H groups in total. The third kappa shape index (κ3) is 5.43. The Kier molecular flexibility index (Phi) is 6.94. The Labute approximate surface area is 213 Å². The molecule has 11 heteroatoms. The number of aromatic nitrogens is 3. The lowest BCUT2D eigenvalue weighted by Crippen LogP contribution is -2.49. The second-order valence-corrected chi connectivity index (χ2v) is 10.1. The van der Waals surface area contributed by atoms with Gasteiger partial charge in [0.15, 0.2) is 11.3 Å². The Hall–Kier alpha value is -4.33. The first-order chi connectivity index (χ1) is 17.5. The van der Waals surface area contributed by atoms with Crippen LogP contribution < -0.4 is 15.9 Å². The van der Waals surface area contributed by atoms with Gasteiger partial charge >= 0.3 is 17.8 Å². The minimum atomic E-state index is -1.21. The molecule has 1 amide bonds. The molecule has 1 aliphatic rings. The fourth-order valence-corrected chi connectivity index (χ4v) is 4.59. The van der Waals surface area contributed by atoms with E-state index in [1.165, 1.54) is 15.2 Å². The number of carbonyl (C=O) groups excluding carboxylic acids is 1. The van der Waals surface area contributed by atoms with Crippen molar-refractivity contribution in [1.29, 1.82) is 5.26 Å². The highest BCUT2D eigenvalue weighted by Crippen LogP contribution is 2.30. The van der Waals surface area contributed by atoms with Gasteiger partial charge in [0.25, 0.3) is 0 Å². The number of aromatic carboxylic acids is 1. The predicted molar refractivity (Wildman–Crippen MR) is 137 cm³/mol. The molecule has 3 aromatic rings. The number of alkyl carbamates (subject to hydrolysis) is 1. The first-order valence-corrected chi connectivity index (χ1v) is 12.0. The number of benzene rings is 1. The van der Waals surface area contributed by atoms with Crippen molar-refractivity contribution in [2.24, 2.45) is 7.05 Å². The summed E-state index contributed by atoms with van der Waals surface area (Å²) in [6.45, 7) is 6.49. The number of aryl methyl sites for hydroxylation is 1. The van der Waals surface area contributed by atoms with Gasteiger partial charge in [-0.2, -0.15) is 5.26 Å². The van der Waals surface area contributed by atoms with E-state index in [-0.39, 0.29) is 29.6 Å². The number of carboxylic acid groups (broad SMARTS) is 1. The van der Waals surface area contributed by atoms with E-state index in [2.05, 4.69) is 16.4 Å². The van der Waals surface area contributed by atoms with Crippen LogP contribution in [0.4, 0.5) is 10.5 Å². The monoisotopic (exact) mass is 506 g/mol. The molecular formula is C26H30N6O5. The van der Waals surface area contributed by atoms with E-state index in [9.17, 15) is 24.8 Å². The van der Waals surface area contributed by atoms with Crippen molar-refractivity contribution in [3.8, 4) is 6.07 Å². The fourth-order valence-electron chi connectivity index (χ4n) is 4.59. The molecular weight excluding hydrogens is 476 g/mol. The average molecular weight is 507 g/mol. The van der Waals surface area contributed by atoms with Crippen LogP contribution in [0.2, 0.25) is 0 Å². The van der Waals surface area contributed by atoms with Gasteiger partial charge in [-0.3, -0.25) is 9.13 Å². The largest absolute Gasteiger partial charge is 0.477 e. The summed E-state index contributed by atoms with van der Waals surface area (Å²) >= 11 is 0. The first-order valence-electron chi connectivity index (χ1n) is 12.0. The van der Waals surface area contributed by atoms with E-state index in [1.807, 2.05) is 4.90 Å². The van der Waals surface area contributed by atoms with Crippen molar-refractivity contribution in [2.45, 2.75) is 51.8 Å². The molecule has 0 aliphatic carbocycles. The van der Waals surface area contributed by atoms with Crippen LogP contribution in [-0.4, -0.2) is 56.0 Å². The minimum absolute atomic E-state index is 0.119. The van der Waals surface area contributed by atoms with E-state index >= 15 is 0 Å². The number of fused-ring (bicyclic) bond motifs is 1. The van der Waals surface area contributed by atoms with Gasteiger partial charge in [0.1, 0.15) is 11.1 Å². The zero-order valence-electron chi connectivity index (χ0n) is 21.3. The number of rotatable bonds is 5. The fraction of sp³-hybridized carbons (Fsp3) is 0.423. The lowest BCUT2D eigenvalue weighted by Gasteiger charge is -2.35. The van der Waals surface area contributed by atoms with E-state index in [0.29, 0.717) is 35.4 Å². The van der Waals surface area contributed by atoms with E-state index in [0.717, 1.165) is 12.8 Å². The summed E-state index contributed by atoms with van der Waals surface area (Å²) in [5.74, 6) is -1.21. The van der Waals surface area contributed by atoms with Gasteiger partial charge in [0.2, 0.25) is 0 Å². The molecule has 11 nitrogen and oxygen atoms in total. The highest BCUT2D eigenvalue weighted by Gasteiger charge is 2.28. The number of nitrogens with one attached hydrogen (secondary N) is 1. The number of nitrogens with zero attached hydrogens (tertiary/aromatic N) is 5. The van der Waals surface area contributed by atoms with Crippen molar-refractivity contribution in [3.05, 3.63) is 57.6 Å². The molecule has 0 unspecified atom stereocenters. The van der Waals surface area contributed by atoms with E-state index < -0.39 is 17.7 Å². The minimum Gasteiger partial charge on any atom is -0.477 e. The van der Waals surface area contributed by atoms with Crippen molar-refractivity contribution >= 4 is 28.9 Å². The molecule has 1 atom stereocenters. The quantitative estimate of drug-likeness (QED) is 0.538. The SMILES string of the molecule is Cn1c(=O)n(Cc2ccccc2C#N)c2c(N3CCC[C@@H](NC(=O)OC(C)(C)C)C3)cc(C(=O)O)nc21. The summed E-state index contributed by atoms with van der Waals surface area (Å²) in [6.07, 6.45) is 0.948. The highest BCUT2D eigenvalue weighted by molar-refractivity contribution is 5.95. The molecule has 3 heterocycles. The second-order valence-electron chi connectivity index (χ2n) is 10.1. The lowest BCUT2D eigenvalue weighted by molar-refractivity contribution is 0.0499. The van der Waals surface area contributed by atoms with Crippen molar-refractivity contribution in [3.63, 3.8) is 0 Å². The summed E-state index contributed by atoms with van der Waals surface area (Å²) in [5, 5.41) is 22.2. The number of carbonyl (C=O) groups is 2. The molecule has 1 aliphatic heterocycles. The number of pyridine rings is 1. The maximum absolute atomic E-state index is 13.3. The molecule has 1 saturated heterocycles. The predicted octanol–water partition coefficient (Wildman–Crippen LogP) is 2.85. The molecule has 2 aromatic heterocycles. The van der Waals surface area contributed by atoms with Gasteiger partial charge in [0.05, 0.1) is 23.9 Å². The smallest absolute Gasteiger partial charge is 0.407 e. The standard InChI is InChI=1S/C26H30N6O5/c1-26(2,3)37-24(35)28-18-10-7-11-31(15-18)20-12-19(23(33)34)29-22-21(20)32(25(36)30(22)4)14-17-9-6-5-8-16(17)13-27/h5-6,8-9,12,18H,7,10-11,14-15H2,1-4H3,(H,28,35)(H,33,34)/t18-/m1/s1. The molecule has 0 spiro atoms. The number of ether oxygens (including phenoxy) is 1. The number of imidazole rings is 1. The number of nitriles is 1. The van der Waals surface area contributed by atoms with Gasteiger partial charge in [0, 0.05) is 26.2 Å². The zero-order chi connectivity index (χ0) is 26.9. The Morgan fingerprint density at radius 3 is 2.70 bits per heavy atom. The van der Waals surface area contributed by atoms with Crippen LogP contribution in [-0.2, 0) is 18.3 Å². The lowest BCUT2D eigenvalue weighted by atomic mass is 10.0. The number of anilines is 1. The van der Waals surface area contributed by atoms with Crippen LogP contribution >= 0.6 is 0 Å². The second kappa shape index (κ2) is 9.97. The average Bonchev–Trinajstić information content (AvgIpc) is 3.07. The third-order valence-electron chi connectivity index (χ3n) is 6.23. The van der Waals surface area contributed by atoms with Gasteiger partial charge in [-0.1, -0.05) is 18.2 Å². The van der Waals surface area contributed by atoms with Gasteiger partial charge in [-0.25, -0.2) is 19.4 Å². The Bertz CT molecular complexity index is 1460. The normalized spacial score (nSPS) is 15.9. The number of hydrogen-bond acceptors (Lipinski definition) is 7. The van der Waals surface area contributed by atoms with Crippen molar-refractivity contribution in [2.75, 3.05) is 18.0 Å². The Morgan fingerprint density at radius 1 is 1.30 bits per heavy atom. The summed E-state index contributed by atoms with van der Waals surface area (Å²) in [7, 11) is 1.54. The molecule has 0 radical (unpaired) electrons. The summed E-state index contributed by atoms with van der Waals surface area (Å²) in [4.78, 5) is 43.8. The summed E-state index contributed by atoms with van der Waals surface area (Å²) in [5.41, 5.74) is 1.16. The number of carboxylic acids is 1. The summed E-state index contributed by atoms with van der Waals surface area (Å²) < 4.78 is 8.24. The van der Waals surface area contributed by atoms with Crippen molar-refractivity contribution < 1.29 is 19.4 Å². The highest BCUT2D eigenvalue weighted by atomic mass is 16.6. The van der Waals surface area contributed by atoms with Gasteiger partial charge in [-0.15, -0.1) is 0 Å². The molecule has 0 saturated carbocycles. The number of hydrogen-bond donors (Lipinski definition) is 2.